The SMILES string of the molecule is NCC(NC1CCCC1)c1ccc(F)c(Br)c1. The monoisotopic (exact) mass is 300 g/mol. The average Bonchev–Trinajstić information content (AvgIpc) is 2.82. The first-order valence-electron chi connectivity index (χ1n) is 6.12. The Labute approximate surface area is 110 Å². The van der Waals surface area contributed by atoms with E-state index >= 15 is 0 Å². The highest BCUT2D eigenvalue weighted by Crippen LogP contribution is 2.24. The van der Waals surface area contributed by atoms with Gasteiger partial charge in [0.2, 0.25) is 0 Å². The van der Waals surface area contributed by atoms with E-state index in [1.807, 2.05) is 6.07 Å². The zero-order chi connectivity index (χ0) is 12.3. The standard InChI is InChI=1S/C13H18BrFN2/c14-11-7-9(5-6-12(11)15)13(8-16)17-10-3-1-2-4-10/h5-7,10,13,17H,1-4,8,16H2. The molecular weight excluding hydrogens is 283 g/mol. The Balaban J connectivity index is 2.08. The maximum absolute atomic E-state index is 13.2. The molecule has 1 fully saturated rings. The van der Waals surface area contributed by atoms with Gasteiger partial charge in [-0.2, -0.15) is 0 Å². The summed E-state index contributed by atoms with van der Waals surface area (Å²) < 4.78 is 13.7. The van der Waals surface area contributed by atoms with Gasteiger partial charge in [0.15, 0.2) is 0 Å². The molecule has 0 bridgehead atoms. The van der Waals surface area contributed by atoms with Crippen molar-refractivity contribution < 1.29 is 4.39 Å². The molecule has 0 saturated heterocycles. The van der Waals surface area contributed by atoms with Gasteiger partial charge in [-0.15, -0.1) is 0 Å². The lowest BCUT2D eigenvalue weighted by Crippen LogP contribution is -2.35. The van der Waals surface area contributed by atoms with Crippen molar-refractivity contribution in [2.24, 2.45) is 5.73 Å². The van der Waals surface area contributed by atoms with Crippen LogP contribution in [-0.2, 0) is 0 Å². The Morgan fingerprint density at radius 2 is 2.12 bits per heavy atom. The van der Waals surface area contributed by atoms with E-state index in [2.05, 4.69) is 21.2 Å². The van der Waals surface area contributed by atoms with Gasteiger partial charge in [-0.05, 0) is 46.5 Å². The molecule has 4 heteroatoms. The van der Waals surface area contributed by atoms with Gasteiger partial charge < -0.3 is 11.1 Å². The number of hydrogen-bond donors (Lipinski definition) is 2. The van der Waals surface area contributed by atoms with Crippen LogP contribution in [0.1, 0.15) is 37.3 Å². The third kappa shape index (κ3) is 3.27. The number of nitrogens with two attached hydrogens (primary N) is 1. The second-order valence-corrected chi connectivity index (χ2v) is 5.46. The second kappa shape index (κ2) is 5.94. The molecule has 0 spiro atoms. The third-order valence-corrected chi connectivity index (χ3v) is 3.98. The number of halogens is 2. The van der Waals surface area contributed by atoms with Crippen molar-refractivity contribution >= 4 is 15.9 Å². The normalized spacial score (nSPS) is 18.5. The van der Waals surface area contributed by atoms with Crippen LogP contribution in [0.15, 0.2) is 22.7 Å². The van der Waals surface area contributed by atoms with Crippen LogP contribution in [0.25, 0.3) is 0 Å². The summed E-state index contributed by atoms with van der Waals surface area (Å²) in [6, 6.07) is 5.79. The first kappa shape index (κ1) is 13.0. The minimum atomic E-state index is -0.231. The van der Waals surface area contributed by atoms with E-state index in [0.717, 1.165) is 5.56 Å². The molecule has 1 aromatic rings. The van der Waals surface area contributed by atoms with Gasteiger partial charge in [-0.25, -0.2) is 4.39 Å². The maximum Gasteiger partial charge on any atom is 0.137 e. The molecule has 0 aromatic heterocycles. The van der Waals surface area contributed by atoms with E-state index in [-0.39, 0.29) is 11.9 Å². The molecule has 3 N–H and O–H groups in total. The molecule has 0 heterocycles. The van der Waals surface area contributed by atoms with E-state index in [4.69, 9.17) is 5.73 Å². The molecule has 0 radical (unpaired) electrons. The van der Waals surface area contributed by atoms with Crippen LogP contribution in [0.3, 0.4) is 0 Å². The lowest BCUT2D eigenvalue weighted by atomic mass is 10.1. The molecule has 94 valence electrons. The highest BCUT2D eigenvalue weighted by Gasteiger charge is 2.19. The second-order valence-electron chi connectivity index (χ2n) is 4.61. The summed E-state index contributed by atoms with van der Waals surface area (Å²) in [7, 11) is 0. The van der Waals surface area contributed by atoms with Gasteiger partial charge in [0.05, 0.1) is 4.47 Å². The summed E-state index contributed by atoms with van der Waals surface area (Å²) in [5, 5.41) is 3.56. The third-order valence-electron chi connectivity index (χ3n) is 3.37. The predicted molar refractivity (Wildman–Crippen MR) is 71.3 cm³/mol. The number of hydrogen-bond acceptors (Lipinski definition) is 2. The van der Waals surface area contributed by atoms with Crippen LogP contribution in [0.2, 0.25) is 0 Å². The quantitative estimate of drug-likeness (QED) is 0.896. The molecule has 1 aliphatic rings. The lowest BCUT2D eigenvalue weighted by Gasteiger charge is -2.22. The Bertz CT molecular complexity index is 378. The molecule has 1 saturated carbocycles. The topological polar surface area (TPSA) is 38.0 Å². The zero-order valence-electron chi connectivity index (χ0n) is 9.76. The summed E-state index contributed by atoms with van der Waals surface area (Å²) in [6.07, 6.45) is 5.03. The van der Waals surface area contributed by atoms with Crippen LogP contribution in [0.5, 0.6) is 0 Å². The van der Waals surface area contributed by atoms with E-state index in [9.17, 15) is 4.39 Å². The van der Waals surface area contributed by atoms with E-state index in [0.29, 0.717) is 17.1 Å². The van der Waals surface area contributed by atoms with E-state index in [1.165, 1.54) is 31.7 Å². The van der Waals surface area contributed by atoms with Crippen molar-refractivity contribution in [1.29, 1.82) is 0 Å². The Kier molecular flexibility index (Phi) is 4.54. The number of rotatable bonds is 4. The van der Waals surface area contributed by atoms with Crippen LogP contribution in [0, 0.1) is 5.82 Å². The average molecular weight is 301 g/mol. The van der Waals surface area contributed by atoms with E-state index < -0.39 is 0 Å². The van der Waals surface area contributed by atoms with Crippen LogP contribution in [0.4, 0.5) is 4.39 Å². The minimum Gasteiger partial charge on any atom is -0.329 e. The first-order valence-corrected chi connectivity index (χ1v) is 6.91. The molecule has 0 aliphatic heterocycles. The fourth-order valence-corrected chi connectivity index (χ4v) is 2.80. The smallest absolute Gasteiger partial charge is 0.137 e. The van der Waals surface area contributed by atoms with Crippen molar-refractivity contribution in [3.8, 4) is 0 Å². The van der Waals surface area contributed by atoms with Crippen molar-refractivity contribution in [3.63, 3.8) is 0 Å². The van der Waals surface area contributed by atoms with Gasteiger partial charge in [0.25, 0.3) is 0 Å². The molecule has 0 amide bonds. The summed E-state index contributed by atoms with van der Waals surface area (Å²) in [4.78, 5) is 0. The highest BCUT2D eigenvalue weighted by molar-refractivity contribution is 9.10. The number of benzene rings is 1. The van der Waals surface area contributed by atoms with Gasteiger partial charge in [0.1, 0.15) is 5.82 Å². The van der Waals surface area contributed by atoms with E-state index in [1.54, 1.807) is 6.07 Å². The fraction of sp³-hybridized carbons (Fsp3) is 0.538. The molecule has 2 nitrogen and oxygen atoms in total. The molecule has 1 atom stereocenters. The summed E-state index contributed by atoms with van der Waals surface area (Å²) in [5.74, 6) is -0.231. The summed E-state index contributed by atoms with van der Waals surface area (Å²) in [5.41, 5.74) is 6.85. The Morgan fingerprint density at radius 1 is 1.41 bits per heavy atom. The zero-order valence-corrected chi connectivity index (χ0v) is 11.3. The van der Waals surface area contributed by atoms with Gasteiger partial charge in [-0.1, -0.05) is 18.9 Å². The Morgan fingerprint density at radius 3 is 2.71 bits per heavy atom. The molecular formula is C13H18BrFN2. The summed E-state index contributed by atoms with van der Waals surface area (Å²) >= 11 is 3.21. The van der Waals surface area contributed by atoms with Crippen LogP contribution >= 0.6 is 15.9 Å². The molecule has 1 aromatic carbocycles. The van der Waals surface area contributed by atoms with Gasteiger partial charge in [0, 0.05) is 18.6 Å². The van der Waals surface area contributed by atoms with Crippen molar-refractivity contribution in [2.45, 2.75) is 37.8 Å². The number of nitrogens with one attached hydrogen (secondary N) is 1. The first-order chi connectivity index (χ1) is 8.20. The largest absolute Gasteiger partial charge is 0.329 e. The van der Waals surface area contributed by atoms with Crippen molar-refractivity contribution in [1.82, 2.24) is 5.32 Å². The maximum atomic E-state index is 13.2. The van der Waals surface area contributed by atoms with Crippen molar-refractivity contribution in [2.75, 3.05) is 6.54 Å². The summed E-state index contributed by atoms with van der Waals surface area (Å²) in [6.45, 7) is 0.536. The Hall–Kier alpha value is -0.450. The van der Waals surface area contributed by atoms with Crippen LogP contribution < -0.4 is 11.1 Å². The van der Waals surface area contributed by atoms with Crippen LogP contribution in [-0.4, -0.2) is 12.6 Å². The highest BCUT2D eigenvalue weighted by atomic mass is 79.9. The van der Waals surface area contributed by atoms with Gasteiger partial charge >= 0.3 is 0 Å². The van der Waals surface area contributed by atoms with Crippen molar-refractivity contribution in [3.05, 3.63) is 34.1 Å². The molecule has 2 rings (SSSR count). The molecule has 17 heavy (non-hydrogen) atoms. The molecule has 1 aliphatic carbocycles. The predicted octanol–water partition coefficient (Wildman–Crippen LogP) is 3.12. The minimum absolute atomic E-state index is 0.120. The molecule has 1 unspecified atom stereocenters. The van der Waals surface area contributed by atoms with Gasteiger partial charge in [-0.3, -0.25) is 0 Å². The lowest BCUT2D eigenvalue weighted by molar-refractivity contribution is 0.444. The fourth-order valence-electron chi connectivity index (χ4n) is 2.41.